The predicted molar refractivity (Wildman–Crippen MR) is 165 cm³/mol. The third kappa shape index (κ3) is 9.41. The summed E-state index contributed by atoms with van der Waals surface area (Å²) in [6, 6.07) is 0. The number of anilines is 2. The normalized spacial score (nSPS) is 30.0. The average molecular weight is 682 g/mol. The number of aromatic nitrogens is 2. The van der Waals surface area contributed by atoms with Gasteiger partial charge in [-0.15, -0.1) is 0 Å². The summed E-state index contributed by atoms with van der Waals surface area (Å²) in [6.07, 6.45) is -2.68. The minimum Gasteiger partial charge on any atom is -0.402 e. The van der Waals surface area contributed by atoms with Gasteiger partial charge in [0, 0.05) is 17.9 Å². The molecule has 2 fully saturated rings. The Bertz CT molecular complexity index is 1240. The zero-order valence-corrected chi connectivity index (χ0v) is 26.9. The zero-order chi connectivity index (χ0) is 32.4. The molecule has 0 radical (unpaired) electrons. The van der Waals surface area contributed by atoms with E-state index in [-0.39, 0.29) is 24.9 Å². The second-order valence-electron chi connectivity index (χ2n) is 10.1. The van der Waals surface area contributed by atoms with Gasteiger partial charge in [0.2, 0.25) is 0 Å². The molecule has 3 heterocycles. The van der Waals surface area contributed by atoms with Crippen molar-refractivity contribution in [1.29, 1.82) is 5.41 Å². The number of aryl methyl sites for hydroxylation is 1. The van der Waals surface area contributed by atoms with Gasteiger partial charge in [0.05, 0.1) is 24.6 Å². The third-order valence-corrected chi connectivity index (χ3v) is 8.28. The van der Waals surface area contributed by atoms with Gasteiger partial charge in [-0.2, -0.15) is 0 Å². The number of halogens is 2. The van der Waals surface area contributed by atoms with Gasteiger partial charge in [-0.25, -0.2) is 18.7 Å². The molecule has 2 unspecified atom stereocenters. The summed E-state index contributed by atoms with van der Waals surface area (Å²) in [5.74, 6) is 0.0592. The van der Waals surface area contributed by atoms with E-state index in [1.54, 1.807) is 6.92 Å². The minimum atomic E-state index is -2.46. The van der Waals surface area contributed by atoms with Crippen LogP contribution in [0.25, 0.3) is 0 Å². The van der Waals surface area contributed by atoms with E-state index < -0.39 is 70.5 Å². The van der Waals surface area contributed by atoms with Gasteiger partial charge in [0.15, 0.2) is 38.6 Å². The van der Waals surface area contributed by atoms with Gasteiger partial charge in [0.1, 0.15) is 44.2 Å². The maximum Gasteiger partial charge on any atom is 0.189 e. The fourth-order valence-electron chi connectivity index (χ4n) is 4.64. The number of aliphatic hydroxyl groups excluding tert-OH is 2. The number of rotatable bonds is 16. The number of amidine groups is 1. The van der Waals surface area contributed by atoms with Crippen LogP contribution in [0, 0.1) is 5.41 Å². The molecule has 14 nitrogen and oxygen atoms in total. The van der Waals surface area contributed by atoms with Crippen LogP contribution >= 0.6 is 15.6 Å². The van der Waals surface area contributed by atoms with Gasteiger partial charge >= 0.3 is 0 Å². The first kappa shape index (κ1) is 36.3. The Morgan fingerprint density at radius 1 is 1.18 bits per heavy atom. The van der Waals surface area contributed by atoms with Crippen molar-refractivity contribution in [1.82, 2.24) is 15.3 Å². The van der Waals surface area contributed by atoms with E-state index >= 15 is 0 Å². The SMILES string of the molecule is C/C(C(=N)N[C@@H]1OC(CO)[C@@H](OP=S)[C@H]1F)=C(/N)CC/C=C/CCc1ncnc(N[C@@H]2O[C@H](CO)[C@@H](O[PH](C)=O)[C@H]2F)c1N. The van der Waals surface area contributed by atoms with Crippen molar-refractivity contribution in [2.45, 2.75) is 81.8 Å². The fraction of sp³-hybridized carbons (Fsp3) is 0.640. The van der Waals surface area contributed by atoms with Crippen LogP contribution < -0.4 is 22.1 Å². The summed E-state index contributed by atoms with van der Waals surface area (Å²) in [7, 11) is -2.37. The molecule has 1 aromatic heterocycles. The summed E-state index contributed by atoms with van der Waals surface area (Å²) in [5, 5.41) is 32.6. The molecule has 44 heavy (non-hydrogen) atoms. The second kappa shape index (κ2) is 17.5. The molecule has 1 aromatic rings. The Labute approximate surface area is 261 Å². The molecule has 2 aliphatic heterocycles. The lowest BCUT2D eigenvalue weighted by molar-refractivity contribution is -0.0188. The monoisotopic (exact) mass is 681 g/mol. The molecule has 0 aromatic carbocycles. The van der Waals surface area contributed by atoms with Crippen LogP contribution in [-0.2, 0) is 41.3 Å². The number of alkyl halides is 2. The van der Waals surface area contributed by atoms with Crippen LogP contribution in [0.4, 0.5) is 20.3 Å². The third-order valence-electron chi connectivity index (χ3n) is 7.09. The minimum absolute atomic E-state index is 0.0879. The Morgan fingerprint density at radius 2 is 1.82 bits per heavy atom. The topological polar surface area (TPSA) is 220 Å². The van der Waals surface area contributed by atoms with Crippen LogP contribution in [0.3, 0.4) is 0 Å². The summed E-state index contributed by atoms with van der Waals surface area (Å²) in [6.45, 7) is 2.01. The summed E-state index contributed by atoms with van der Waals surface area (Å²) >= 11 is 4.70. The molecule has 246 valence electrons. The highest BCUT2D eigenvalue weighted by molar-refractivity contribution is 7.94. The van der Waals surface area contributed by atoms with E-state index in [1.165, 1.54) is 13.0 Å². The largest absolute Gasteiger partial charge is 0.402 e. The van der Waals surface area contributed by atoms with Gasteiger partial charge in [-0.3, -0.25) is 9.97 Å². The van der Waals surface area contributed by atoms with Crippen molar-refractivity contribution < 1.29 is 42.1 Å². The highest BCUT2D eigenvalue weighted by Gasteiger charge is 2.47. The van der Waals surface area contributed by atoms with Crippen LogP contribution in [-0.4, -0.2) is 95.1 Å². The van der Waals surface area contributed by atoms with Crippen molar-refractivity contribution in [2.24, 2.45) is 5.73 Å². The van der Waals surface area contributed by atoms with Crippen molar-refractivity contribution in [3.63, 3.8) is 0 Å². The Morgan fingerprint density at radius 3 is 2.48 bits per heavy atom. The molecule has 9 N–H and O–H groups in total. The van der Waals surface area contributed by atoms with Crippen molar-refractivity contribution in [3.8, 4) is 0 Å². The maximum absolute atomic E-state index is 14.9. The Hall–Kier alpha value is -2.20. The van der Waals surface area contributed by atoms with Gasteiger partial charge in [-0.1, -0.05) is 12.2 Å². The van der Waals surface area contributed by atoms with Crippen molar-refractivity contribution in [3.05, 3.63) is 35.4 Å². The molecule has 0 aliphatic carbocycles. The van der Waals surface area contributed by atoms with E-state index in [0.717, 1.165) is 0 Å². The van der Waals surface area contributed by atoms with E-state index in [2.05, 4.69) is 20.6 Å². The molecule has 9 atom stereocenters. The lowest BCUT2D eigenvalue weighted by atomic mass is 10.1. The van der Waals surface area contributed by atoms with Gasteiger partial charge in [-0.05, 0) is 44.4 Å². The lowest BCUT2D eigenvalue weighted by Crippen LogP contribution is -2.42. The summed E-state index contributed by atoms with van der Waals surface area (Å²) in [4.78, 5) is 8.29. The lowest BCUT2D eigenvalue weighted by Gasteiger charge is -2.18. The number of nitrogen functional groups attached to an aromatic ring is 1. The number of aliphatic hydroxyl groups is 2. The average Bonchev–Trinajstić information content (AvgIpc) is 3.46. The first-order valence-electron chi connectivity index (χ1n) is 13.8. The molecule has 0 saturated carbocycles. The van der Waals surface area contributed by atoms with Crippen LogP contribution in [0.15, 0.2) is 29.7 Å². The number of nitrogens with two attached hydrogens (primary N) is 2. The molecular formula is C25H39F2N7O7P2S. The maximum atomic E-state index is 14.9. The van der Waals surface area contributed by atoms with Gasteiger partial charge in [0.25, 0.3) is 0 Å². The first-order chi connectivity index (χ1) is 21.0. The molecular weight excluding hydrogens is 642 g/mol. The van der Waals surface area contributed by atoms with Crippen LogP contribution in [0.1, 0.15) is 31.9 Å². The first-order valence-corrected chi connectivity index (χ1v) is 17.4. The number of ether oxygens (including phenoxy) is 2. The summed E-state index contributed by atoms with van der Waals surface area (Å²) in [5.41, 5.74) is 14.0. The number of hydrogen-bond acceptors (Lipinski definition) is 14. The fourth-order valence-corrected chi connectivity index (χ4v) is 5.95. The summed E-state index contributed by atoms with van der Waals surface area (Å²) < 4.78 is 62.3. The molecule has 2 aliphatic rings. The highest BCUT2D eigenvalue weighted by Crippen LogP contribution is 2.34. The number of allylic oxidation sites excluding steroid dienone is 3. The van der Waals surface area contributed by atoms with Crippen molar-refractivity contribution >= 4 is 44.8 Å². The Kier molecular flexibility index (Phi) is 14.4. The number of nitrogens with one attached hydrogen (secondary N) is 3. The van der Waals surface area contributed by atoms with E-state index in [1.807, 2.05) is 12.2 Å². The quantitative estimate of drug-likeness (QED) is 0.0573. The van der Waals surface area contributed by atoms with E-state index in [9.17, 15) is 23.6 Å². The highest BCUT2D eigenvalue weighted by atomic mass is 32.4. The predicted octanol–water partition coefficient (Wildman–Crippen LogP) is 1.85. The molecule has 19 heteroatoms. The standard InChI is InChI=1S/C25H39F2N7O7P2S/c1-12(22(30)33-24-17(26)20(40-42-44)15(9-35)38-24)13(28)7-5-3-4-6-8-14-19(29)23(32-11-31-14)34-25-18(27)21(41-43(2)37)16(10-36)39-25/h3-4,11,15-18,20-21,24-25,35-36,43H,5-10,28-29H2,1-2H3,(H2,30,33)(H,31,32,34)/b4-3+,13-12-/t15?,16-,17-,18-,20-,21-,24-,25-/m1/s1. The number of nitrogens with zero attached hydrogens (tertiary/aromatic N) is 2. The smallest absolute Gasteiger partial charge is 0.189 e. The number of hydrogen-bond donors (Lipinski definition) is 7. The molecule has 0 bridgehead atoms. The molecule has 3 rings (SSSR count). The molecule has 0 spiro atoms. The van der Waals surface area contributed by atoms with Crippen molar-refractivity contribution in [2.75, 3.05) is 30.9 Å². The van der Waals surface area contributed by atoms with Gasteiger partial charge < -0.3 is 50.8 Å². The zero-order valence-electron chi connectivity index (χ0n) is 24.2. The molecule has 0 amide bonds. The van der Waals surface area contributed by atoms with Crippen LogP contribution in [0.2, 0.25) is 0 Å². The van der Waals surface area contributed by atoms with E-state index in [4.69, 9.17) is 47.2 Å². The Balaban J connectivity index is 1.47. The van der Waals surface area contributed by atoms with E-state index in [0.29, 0.717) is 42.6 Å². The second-order valence-corrected chi connectivity index (χ2v) is 12.1. The van der Waals surface area contributed by atoms with Crippen LogP contribution in [0.5, 0.6) is 0 Å². The molecule has 2 saturated heterocycles.